The number of halogens is 2. The van der Waals surface area contributed by atoms with Gasteiger partial charge in [0.1, 0.15) is 0 Å². The Kier molecular flexibility index (Phi) is 5.86. The van der Waals surface area contributed by atoms with Gasteiger partial charge in [0.05, 0.1) is 32.6 Å². The van der Waals surface area contributed by atoms with Crippen LogP contribution in [0.15, 0.2) is 46.6 Å². The Balaban J connectivity index is 1.77. The van der Waals surface area contributed by atoms with Gasteiger partial charge < -0.3 is 10.0 Å². The van der Waals surface area contributed by atoms with Crippen LogP contribution in [0, 0.1) is 0 Å². The molecule has 0 aliphatic carbocycles. The molecule has 0 aliphatic rings. The van der Waals surface area contributed by atoms with Crippen molar-refractivity contribution in [1.82, 2.24) is 4.98 Å². The molecule has 8 heteroatoms. The number of anilines is 1. The molecule has 0 bridgehead atoms. The van der Waals surface area contributed by atoms with Crippen LogP contribution in [-0.2, 0) is 0 Å². The van der Waals surface area contributed by atoms with Crippen LogP contribution in [0.3, 0.4) is 0 Å². The number of thiazole rings is 1. The molecule has 0 saturated heterocycles. The summed E-state index contributed by atoms with van der Waals surface area (Å²) in [7, 11) is 0. The molecule has 2 aromatic carbocycles. The van der Waals surface area contributed by atoms with Crippen molar-refractivity contribution in [3.05, 3.63) is 46.4 Å². The third-order valence-corrected chi connectivity index (χ3v) is 5.26. The molecule has 5 nitrogen and oxygen atoms in total. The number of fused-ring (bicyclic) bond motifs is 1. The van der Waals surface area contributed by atoms with Crippen molar-refractivity contribution >= 4 is 61.3 Å². The first-order valence-electron chi connectivity index (χ1n) is 7.74. The standard InChI is InChI=1S/C17H16Cl2N4OS/c1-2-23(7-8-24)12-5-3-11(4-6-12)21-22-17-20-15-9-13(18)14(19)10-16(15)25-17/h3-6,9-10,24H,2,7-8H2,1H3. The summed E-state index contributed by atoms with van der Waals surface area (Å²) in [6.45, 7) is 3.61. The van der Waals surface area contributed by atoms with Gasteiger partial charge >= 0.3 is 0 Å². The van der Waals surface area contributed by atoms with Gasteiger partial charge in [0.2, 0.25) is 5.13 Å². The number of aliphatic hydroxyl groups is 1. The average Bonchev–Trinajstić information content (AvgIpc) is 3.00. The smallest absolute Gasteiger partial charge is 0.231 e. The average molecular weight is 395 g/mol. The van der Waals surface area contributed by atoms with Gasteiger partial charge in [-0.2, -0.15) is 0 Å². The van der Waals surface area contributed by atoms with E-state index in [1.807, 2.05) is 24.3 Å². The zero-order chi connectivity index (χ0) is 17.8. The molecule has 3 rings (SSSR count). The van der Waals surface area contributed by atoms with Crippen molar-refractivity contribution in [3.8, 4) is 0 Å². The molecule has 0 aliphatic heterocycles. The molecule has 25 heavy (non-hydrogen) atoms. The fraction of sp³-hybridized carbons (Fsp3) is 0.235. The summed E-state index contributed by atoms with van der Waals surface area (Å²) in [6, 6.07) is 11.2. The molecule has 0 radical (unpaired) electrons. The Labute approximate surface area is 159 Å². The lowest BCUT2D eigenvalue weighted by molar-refractivity contribution is 0.302. The molecule has 0 saturated carbocycles. The number of aromatic nitrogens is 1. The van der Waals surface area contributed by atoms with E-state index in [2.05, 4.69) is 27.0 Å². The fourth-order valence-electron chi connectivity index (χ4n) is 2.38. The molecule has 1 heterocycles. The first-order chi connectivity index (χ1) is 12.1. The van der Waals surface area contributed by atoms with Crippen LogP contribution in [0.25, 0.3) is 10.2 Å². The Morgan fingerprint density at radius 1 is 1.12 bits per heavy atom. The van der Waals surface area contributed by atoms with Crippen LogP contribution in [0.1, 0.15) is 6.92 Å². The van der Waals surface area contributed by atoms with Crippen LogP contribution >= 0.6 is 34.5 Å². The Hall–Kier alpha value is -1.73. The van der Waals surface area contributed by atoms with Crippen molar-refractivity contribution in [1.29, 1.82) is 0 Å². The fourth-order valence-corrected chi connectivity index (χ4v) is 3.57. The largest absolute Gasteiger partial charge is 0.395 e. The number of benzene rings is 2. The summed E-state index contributed by atoms with van der Waals surface area (Å²) < 4.78 is 0.918. The number of aliphatic hydroxyl groups excluding tert-OH is 1. The van der Waals surface area contributed by atoms with E-state index in [4.69, 9.17) is 28.3 Å². The van der Waals surface area contributed by atoms with Crippen LogP contribution in [-0.4, -0.2) is 29.8 Å². The molecular formula is C17H16Cl2N4OS. The Bertz CT molecular complexity index is 857. The van der Waals surface area contributed by atoms with Crippen LogP contribution in [0.5, 0.6) is 0 Å². The SMILES string of the molecule is CCN(CCO)c1ccc(N=Nc2nc3cc(Cl)c(Cl)cc3s2)cc1. The summed E-state index contributed by atoms with van der Waals surface area (Å²) >= 11 is 13.4. The first-order valence-corrected chi connectivity index (χ1v) is 9.31. The lowest BCUT2D eigenvalue weighted by atomic mass is 10.2. The summed E-state index contributed by atoms with van der Waals surface area (Å²) in [5.74, 6) is 0. The molecule has 0 amide bonds. The van der Waals surface area contributed by atoms with E-state index in [0.29, 0.717) is 21.7 Å². The molecular weight excluding hydrogens is 379 g/mol. The van der Waals surface area contributed by atoms with Gasteiger partial charge in [-0.15, -0.1) is 10.2 Å². The van der Waals surface area contributed by atoms with E-state index in [1.165, 1.54) is 11.3 Å². The first kappa shape index (κ1) is 18.1. The van der Waals surface area contributed by atoms with E-state index in [9.17, 15) is 0 Å². The lowest BCUT2D eigenvalue weighted by Gasteiger charge is -2.21. The number of likely N-dealkylation sites (N-methyl/N-ethyl adjacent to an activating group) is 1. The van der Waals surface area contributed by atoms with Crippen LogP contribution < -0.4 is 4.90 Å². The zero-order valence-corrected chi connectivity index (χ0v) is 15.8. The maximum Gasteiger partial charge on any atom is 0.231 e. The lowest BCUT2D eigenvalue weighted by Crippen LogP contribution is -2.25. The molecule has 0 unspecified atom stereocenters. The normalized spacial score (nSPS) is 11.5. The van der Waals surface area contributed by atoms with Gasteiger partial charge in [0.15, 0.2) is 0 Å². The Morgan fingerprint density at radius 2 is 1.84 bits per heavy atom. The maximum atomic E-state index is 9.09. The predicted molar refractivity (Wildman–Crippen MR) is 105 cm³/mol. The number of nitrogens with zero attached hydrogens (tertiary/aromatic N) is 4. The molecule has 3 aromatic rings. The number of rotatable bonds is 6. The minimum Gasteiger partial charge on any atom is -0.395 e. The predicted octanol–water partition coefficient (Wildman–Crippen LogP) is 5.84. The summed E-state index contributed by atoms with van der Waals surface area (Å²) in [5.41, 5.74) is 2.53. The monoisotopic (exact) mass is 394 g/mol. The van der Waals surface area contributed by atoms with E-state index in [1.54, 1.807) is 12.1 Å². The minimum atomic E-state index is 0.126. The van der Waals surface area contributed by atoms with E-state index >= 15 is 0 Å². The highest BCUT2D eigenvalue weighted by atomic mass is 35.5. The van der Waals surface area contributed by atoms with E-state index in [-0.39, 0.29) is 6.61 Å². The quantitative estimate of drug-likeness (QED) is 0.534. The Morgan fingerprint density at radius 3 is 2.52 bits per heavy atom. The molecule has 130 valence electrons. The summed E-state index contributed by atoms with van der Waals surface area (Å²) in [6.07, 6.45) is 0. The number of hydrogen-bond donors (Lipinski definition) is 1. The highest BCUT2D eigenvalue weighted by molar-refractivity contribution is 7.22. The van der Waals surface area contributed by atoms with E-state index in [0.717, 1.165) is 28.1 Å². The van der Waals surface area contributed by atoms with Gasteiger partial charge in [-0.1, -0.05) is 34.5 Å². The van der Waals surface area contributed by atoms with Crippen molar-refractivity contribution in [3.63, 3.8) is 0 Å². The highest BCUT2D eigenvalue weighted by Crippen LogP contribution is 2.34. The molecule has 1 aromatic heterocycles. The maximum absolute atomic E-state index is 9.09. The minimum absolute atomic E-state index is 0.126. The van der Waals surface area contributed by atoms with Gasteiger partial charge in [-0.05, 0) is 43.3 Å². The third-order valence-electron chi connectivity index (χ3n) is 3.64. The molecule has 0 spiro atoms. The second kappa shape index (κ2) is 8.10. The van der Waals surface area contributed by atoms with Crippen molar-refractivity contribution in [2.75, 3.05) is 24.6 Å². The van der Waals surface area contributed by atoms with E-state index < -0.39 is 0 Å². The molecule has 0 atom stereocenters. The van der Waals surface area contributed by atoms with Gasteiger partial charge in [-0.3, -0.25) is 0 Å². The van der Waals surface area contributed by atoms with Gasteiger partial charge in [0, 0.05) is 18.8 Å². The zero-order valence-electron chi connectivity index (χ0n) is 13.5. The number of azo groups is 1. The summed E-state index contributed by atoms with van der Waals surface area (Å²) in [4.78, 5) is 6.48. The second-order valence-electron chi connectivity index (χ2n) is 5.25. The van der Waals surface area contributed by atoms with Gasteiger partial charge in [0.25, 0.3) is 0 Å². The summed E-state index contributed by atoms with van der Waals surface area (Å²) in [5, 5.41) is 19.0. The van der Waals surface area contributed by atoms with Crippen LogP contribution in [0.2, 0.25) is 10.0 Å². The van der Waals surface area contributed by atoms with Crippen molar-refractivity contribution in [2.24, 2.45) is 10.2 Å². The molecule has 1 N–H and O–H groups in total. The van der Waals surface area contributed by atoms with Crippen molar-refractivity contribution < 1.29 is 5.11 Å². The van der Waals surface area contributed by atoms with Crippen LogP contribution in [0.4, 0.5) is 16.5 Å². The van der Waals surface area contributed by atoms with Crippen molar-refractivity contribution in [2.45, 2.75) is 6.92 Å². The number of hydrogen-bond acceptors (Lipinski definition) is 6. The topological polar surface area (TPSA) is 61.1 Å². The van der Waals surface area contributed by atoms with Gasteiger partial charge in [-0.25, -0.2) is 4.98 Å². The molecule has 0 fully saturated rings. The second-order valence-corrected chi connectivity index (χ2v) is 7.07. The highest BCUT2D eigenvalue weighted by Gasteiger charge is 2.07. The third kappa shape index (κ3) is 4.27.